The molecule has 2 aromatic carbocycles. The van der Waals surface area contributed by atoms with E-state index in [1.807, 2.05) is 56.6 Å². The zero-order valence-electron chi connectivity index (χ0n) is 15.5. The normalized spacial score (nSPS) is 11.5. The summed E-state index contributed by atoms with van der Waals surface area (Å²) in [5.41, 5.74) is 3.30. The molecule has 6 nitrogen and oxygen atoms in total. The zero-order valence-corrected chi connectivity index (χ0v) is 16.3. The van der Waals surface area contributed by atoms with E-state index in [4.69, 9.17) is 0 Å². The maximum Gasteiger partial charge on any atom is 0.372 e. The smallest absolute Gasteiger partial charge is 0.256 e. The fraction of sp³-hybridized carbons (Fsp3) is 0.0952. The van der Waals surface area contributed by atoms with E-state index in [1.165, 1.54) is 0 Å². The van der Waals surface area contributed by atoms with Crippen LogP contribution in [0.2, 0.25) is 0 Å². The molecule has 0 aliphatic heterocycles. The Morgan fingerprint density at radius 2 is 1.50 bits per heavy atom. The number of pyridine rings is 1. The first-order valence-corrected chi connectivity index (χ1v) is 10.3. The SMILES string of the molecule is Cc1ccc(S(=O)(=O)Nc2nc3ccccc3nc2-[n+]2cccc(C)c2)cc1. The van der Waals surface area contributed by atoms with Crippen molar-refractivity contribution in [1.29, 1.82) is 0 Å². The van der Waals surface area contributed by atoms with Gasteiger partial charge in [-0.2, -0.15) is 4.57 Å². The second-order valence-electron chi connectivity index (χ2n) is 6.59. The number of fused-ring (bicyclic) bond motifs is 1. The Labute approximate surface area is 163 Å². The van der Waals surface area contributed by atoms with Gasteiger partial charge >= 0.3 is 5.82 Å². The van der Waals surface area contributed by atoms with Crippen molar-refractivity contribution in [1.82, 2.24) is 9.97 Å². The highest BCUT2D eigenvalue weighted by Crippen LogP contribution is 2.21. The average molecular weight is 391 g/mol. The largest absolute Gasteiger partial charge is 0.372 e. The Hall–Kier alpha value is -3.32. The minimum Gasteiger partial charge on any atom is -0.256 e. The first-order valence-electron chi connectivity index (χ1n) is 8.77. The lowest BCUT2D eigenvalue weighted by Crippen LogP contribution is -2.33. The van der Waals surface area contributed by atoms with Crippen LogP contribution in [0.5, 0.6) is 0 Å². The summed E-state index contributed by atoms with van der Waals surface area (Å²) >= 11 is 0. The number of sulfonamides is 1. The molecule has 4 aromatic rings. The third-order valence-corrected chi connectivity index (χ3v) is 5.66. The highest BCUT2D eigenvalue weighted by molar-refractivity contribution is 7.92. The molecule has 0 saturated heterocycles. The van der Waals surface area contributed by atoms with Crippen molar-refractivity contribution in [3.05, 3.63) is 84.2 Å². The van der Waals surface area contributed by atoms with Crippen molar-refractivity contribution in [3.8, 4) is 5.82 Å². The summed E-state index contributed by atoms with van der Waals surface area (Å²) in [6, 6.07) is 17.9. The van der Waals surface area contributed by atoms with E-state index in [0.29, 0.717) is 16.9 Å². The number of nitrogens with one attached hydrogen (secondary N) is 1. The number of benzene rings is 2. The second kappa shape index (κ2) is 7.01. The fourth-order valence-corrected chi connectivity index (χ4v) is 3.87. The molecule has 0 saturated carbocycles. The monoisotopic (exact) mass is 391 g/mol. The maximum atomic E-state index is 12.9. The molecule has 1 N–H and O–H groups in total. The van der Waals surface area contributed by atoms with Crippen LogP contribution >= 0.6 is 0 Å². The third kappa shape index (κ3) is 3.57. The van der Waals surface area contributed by atoms with Crippen LogP contribution < -0.4 is 9.29 Å². The van der Waals surface area contributed by atoms with Crippen LogP contribution in [-0.4, -0.2) is 18.4 Å². The molecule has 0 fully saturated rings. The van der Waals surface area contributed by atoms with E-state index in [9.17, 15) is 8.42 Å². The van der Waals surface area contributed by atoms with Crippen molar-refractivity contribution in [2.24, 2.45) is 0 Å². The van der Waals surface area contributed by atoms with Gasteiger partial charge in [0.2, 0.25) is 11.3 Å². The molecular formula is C21H19N4O2S+. The Bertz CT molecular complexity index is 1270. The van der Waals surface area contributed by atoms with Crippen molar-refractivity contribution in [2.75, 3.05) is 4.72 Å². The molecule has 0 atom stereocenters. The predicted octanol–water partition coefficient (Wildman–Crippen LogP) is 3.32. The number of nitrogens with zero attached hydrogens (tertiary/aromatic N) is 3. The molecular weight excluding hydrogens is 372 g/mol. The molecule has 4 rings (SSSR count). The molecule has 28 heavy (non-hydrogen) atoms. The van der Waals surface area contributed by atoms with Gasteiger partial charge in [0.05, 0.1) is 17.3 Å². The minimum atomic E-state index is -3.81. The number of hydrogen-bond donors (Lipinski definition) is 1. The topological polar surface area (TPSA) is 75.8 Å². The number of aromatic nitrogens is 3. The third-order valence-electron chi connectivity index (χ3n) is 4.31. The number of aryl methyl sites for hydroxylation is 2. The highest BCUT2D eigenvalue weighted by Gasteiger charge is 2.24. The number of para-hydroxylation sites is 2. The number of anilines is 1. The lowest BCUT2D eigenvalue weighted by Gasteiger charge is -2.09. The van der Waals surface area contributed by atoms with E-state index in [2.05, 4.69) is 14.7 Å². The summed E-state index contributed by atoms with van der Waals surface area (Å²) in [6.45, 7) is 3.87. The molecule has 2 heterocycles. The van der Waals surface area contributed by atoms with Crippen molar-refractivity contribution < 1.29 is 13.0 Å². The van der Waals surface area contributed by atoms with Crippen LogP contribution in [0.3, 0.4) is 0 Å². The number of rotatable bonds is 4. The van der Waals surface area contributed by atoms with Crippen molar-refractivity contribution >= 4 is 26.9 Å². The van der Waals surface area contributed by atoms with Gasteiger partial charge in [0.1, 0.15) is 5.52 Å². The Balaban J connectivity index is 1.87. The first kappa shape index (κ1) is 18.1. The van der Waals surface area contributed by atoms with Crippen LogP contribution in [0.4, 0.5) is 5.82 Å². The van der Waals surface area contributed by atoms with Gasteiger partial charge in [0, 0.05) is 0 Å². The van der Waals surface area contributed by atoms with E-state index >= 15 is 0 Å². The summed E-state index contributed by atoms with van der Waals surface area (Å²) in [7, 11) is -3.81. The molecule has 0 spiro atoms. The van der Waals surface area contributed by atoms with Gasteiger partial charge in [-0.25, -0.2) is 13.4 Å². The number of hydrogen-bond acceptors (Lipinski definition) is 4. The Morgan fingerprint density at radius 3 is 2.18 bits per heavy atom. The minimum absolute atomic E-state index is 0.174. The van der Waals surface area contributed by atoms with Crippen LogP contribution in [0.25, 0.3) is 16.9 Å². The van der Waals surface area contributed by atoms with E-state index in [-0.39, 0.29) is 10.7 Å². The maximum absolute atomic E-state index is 12.9. The van der Waals surface area contributed by atoms with Crippen molar-refractivity contribution in [3.63, 3.8) is 0 Å². The van der Waals surface area contributed by atoms with Gasteiger partial charge in [0.15, 0.2) is 0 Å². The first-order chi connectivity index (χ1) is 13.4. The molecule has 140 valence electrons. The Morgan fingerprint density at radius 1 is 0.821 bits per heavy atom. The van der Waals surface area contributed by atoms with Gasteiger partial charge in [-0.1, -0.05) is 35.9 Å². The van der Waals surface area contributed by atoms with E-state index in [0.717, 1.165) is 11.1 Å². The van der Waals surface area contributed by atoms with E-state index in [1.54, 1.807) is 34.9 Å². The Kier molecular flexibility index (Phi) is 4.52. The highest BCUT2D eigenvalue weighted by atomic mass is 32.2. The summed E-state index contributed by atoms with van der Waals surface area (Å²) < 4.78 is 30.2. The molecule has 0 aliphatic rings. The van der Waals surface area contributed by atoms with Gasteiger partial charge in [-0.05, 0) is 54.7 Å². The summed E-state index contributed by atoms with van der Waals surface area (Å²) in [5.74, 6) is 0.591. The second-order valence-corrected chi connectivity index (χ2v) is 8.27. The van der Waals surface area contributed by atoms with Gasteiger partial charge in [-0.3, -0.25) is 4.72 Å². The zero-order chi connectivity index (χ0) is 19.7. The summed E-state index contributed by atoms with van der Waals surface area (Å²) in [4.78, 5) is 9.36. The standard InChI is InChI=1S/C21H19N4O2S/c1-15-9-11-17(12-10-15)28(26,27)24-20-21(25-13-5-6-16(2)14-25)23-19-8-4-3-7-18(19)22-20/h3-14H,1-2H3,(H,22,24)/q+1. The predicted molar refractivity (Wildman–Crippen MR) is 108 cm³/mol. The van der Waals surface area contributed by atoms with Crippen LogP contribution in [-0.2, 0) is 10.0 Å². The van der Waals surface area contributed by atoms with Gasteiger partial charge < -0.3 is 0 Å². The molecule has 0 radical (unpaired) electrons. The summed E-state index contributed by atoms with van der Waals surface area (Å²) in [5, 5.41) is 0. The lowest BCUT2D eigenvalue weighted by molar-refractivity contribution is -0.599. The molecule has 0 amide bonds. The molecule has 0 bridgehead atoms. The quantitative estimate of drug-likeness (QED) is 0.542. The van der Waals surface area contributed by atoms with Crippen LogP contribution in [0.15, 0.2) is 78.0 Å². The summed E-state index contributed by atoms with van der Waals surface area (Å²) in [6.07, 6.45) is 3.69. The van der Waals surface area contributed by atoms with Gasteiger partial charge in [-0.15, -0.1) is 0 Å². The molecule has 0 aliphatic carbocycles. The van der Waals surface area contributed by atoms with E-state index < -0.39 is 10.0 Å². The van der Waals surface area contributed by atoms with Gasteiger partial charge in [0.25, 0.3) is 10.0 Å². The lowest BCUT2D eigenvalue weighted by atomic mass is 10.2. The molecule has 7 heteroatoms. The molecule has 2 aromatic heterocycles. The fourth-order valence-electron chi connectivity index (χ4n) is 2.87. The average Bonchev–Trinajstić information content (AvgIpc) is 2.67. The van der Waals surface area contributed by atoms with Crippen LogP contribution in [0, 0.1) is 13.8 Å². The van der Waals surface area contributed by atoms with Crippen molar-refractivity contribution in [2.45, 2.75) is 18.7 Å². The molecule has 0 unspecified atom stereocenters. The van der Waals surface area contributed by atoms with Crippen LogP contribution in [0.1, 0.15) is 11.1 Å².